The van der Waals surface area contributed by atoms with Crippen molar-refractivity contribution in [1.29, 1.82) is 0 Å². The molecule has 0 bridgehead atoms. The number of nitrogens with zero attached hydrogens (tertiary/aromatic N) is 1. The van der Waals surface area contributed by atoms with Crippen molar-refractivity contribution in [3.8, 4) is 0 Å². The summed E-state index contributed by atoms with van der Waals surface area (Å²) in [7, 11) is 0. The van der Waals surface area contributed by atoms with E-state index >= 15 is 0 Å². The molecule has 0 saturated carbocycles. The van der Waals surface area contributed by atoms with E-state index in [-0.39, 0.29) is 0 Å². The topological polar surface area (TPSA) is 26.9 Å². The van der Waals surface area contributed by atoms with Gasteiger partial charge in [0.15, 0.2) is 11.9 Å². The van der Waals surface area contributed by atoms with E-state index in [9.17, 15) is 5.21 Å². The van der Waals surface area contributed by atoms with Crippen molar-refractivity contribution < 1.29 is 4.73 Å². The molecule has 1 aromatic carbocycles. The number of aromatic nitrogens is 1. The van der Waals surface area contributed by atoms with E-state index < -0.39 is 0 Å². The van der Waals surface area contributed by atoms with Crippen LogP contribution in [0.25, 0.3) is 0 Å². The van der Waals surface area contributed by atoms with Crippen molar-refractivity contribution in [2.75, 3.05) is 0 Å². The largest absolute Gasteiger partial charge is 0.619 e. The standard InChI is InChI=1S/C13H13NO/c15-14-11-5-4-8-13(14)10-9-12-6-2-1-3-7-12/h1-8,11H,9-10H2. The quantitative estimate of drug-likeness (QED) is 0.549. The fourth-order valence-electron chi connectivity index (χ4n) is 1.57. The van der Waals surface area contributed by atoms with Crippen molar-refractivity contribution in [3.05, 3.63) is 71.2 Å². The molecule has 0 saturated heterocycles. The summed E-state index contributed by atoms with van der Waals surface area (Å²) in [6.45, 7) is 0. The lowest BCUT2D eigenvalue weighted by molar-refractivity contribution is -0.614. The van der Waals surface area contributed by atoms with Crippen molar-refractivity contribution in [3.63, 3.8) is 0 Å². The molecule has 0 spiro atoms. The Bertz CT molecular complexity index is 426. The van der Waals surface area contributed by atoms with Gasteiger partial charge in [-0.25, -0.2) is 0 Å². The van der Waals surface area contributed by atoms with Crippen LogP contribution in [0.1, 0.15) is 11.3 Å². The Morgan fingerprint density at radius 1 is 0.867 bits per heavy atom. The number of benzene rings is 1. The van der Waals surface area contributed by atoms with Crippen LogP contribution in [0, 0.1) is 5.21 Å². The number of hydrogen-bond acceptors (Lipinski definition) is 1. The van der Waals surface area contributed by atoms with Gasteiger partial charge in [-0.3, -0.25) is 0 Å². The molecule has 1 aromatic heterocycles. The summed E-state index contributed by atoms with van der Waals surface area (Å²) in [6, 6.07) is 15.7. The van der Waals surface area contributed by atoms with Gasteiger partial charge in [0.05, 0.1) is 0 Å². The van der Waals surface area contributed by atoms with E-state index in [4.69, 9.17) is 0 Å². The van der Waals surface area contributed by atoms with Gasteiger partial charge in [-0.2, -0.15) is 4.73 Å². The number of rotatable bonds is 3. The second-order valence-corrected chi connectivity index (χ2v) is 3.50. The summed E-state index contributed by atoms with van der Waals surface area (Å²) >= 11 is 0. The van der Waals surface area contributed by atoms with Crippen LogP contribution >= 0.6 is 0 Å². The van der Waals surface area contributed by atoms with Gasteiger partial charge in [-0.1, -0.05) is 36.4 Å². The van der Waals surface area contributed by atoms with E-state index in [0.717, 1.165) is 23.3 Å². The van der Waals surface area contributed by atoms with Crippen LogP contribution in [0.2, 0.25) is 0 Å². The van der Waals surface area contributed by atoms with Gasteiger partial charge in [0.2, 0.25) is 0 Å². The average Bonchev–Trinajstić information content (AvgIpc) is 2.29. The van der Waals surface area contributed by atoms with E-state index in [1.54, 1.807) is 12.3 Å². The minimum atomic E-state index is 0.786. The summed E-state index contributed by atoms with van der Waals surface area (Å²) in [4.78, 5) is 0. The molecule has 0 N–H and O–H groups in total. The minimum absolute atomic E-state index is 0.786. The molecule has 0 unspecified atom stereocenters. The molecule has 2 rings (SSSR count). The lowest BCUT2D eigenvalue weighted by Gasteiger charge is -2.03. The second kappa shape index (κ2) is 4.60. The zero-order valence-corrected chi connectivity index (χ0v) is 8.47. The van der Waals surface area contributed by atoms with Gasteiger partial charge >= 0.3 is 0 Å². The summed E-state index contributed by atoms with van der Waals surface area (Å²) < 4.78 is 0.933. The average molecular weight is 199 g/mol. The maximum Gasteiger partial charge on any atom is 0.193 e. The molecular formula is C13H13NO. The van der Waals surface area contributed by atoms with Crippen molar-refractivity contribution in [2.24, 2.45) is 0 Å². The van der Waals surface area contributed by atoms with Crippen LogP contribution in [0.15, 0.2) is 54.7 Å². The molecule has 0 radical (unpaired) electrons. The predicted octanol–water partition coefficient (Wildman–Crippen LogP) is 2.11. The molecule has 1 heterocycles. The maximum atomic E-state index is 11.4. The lowest BCUT2D eigenvalue weighted by Crippen LogP contribution is -2.31. The third-order valence-electron chi connectivity index (χ3n) is 2.42. The van der Waals surface area contributed by atoms with Crippen molar-refractivity contribution in [1.82, 2.24) is 0 Å². The van der Waals surface area contributed by atoms with Gasteiger partial charge in [0, 0.05) is 18.6 Å². The predicted molar refractivity (Wildman–Crippen MR) is 59.3 cm³/mol. The first-order chi connectivity index (χ1) is 7.36. The summed E-state index contributed by atoms with van der Waals surface area (Å²) in [5.74, 6) is 0. The normalized spacial score (nSPS) is 10.1. The lowest BCUT2D eigenvalue weighted by atomic mass is 10.1. The molecule has 0 fully saturated rings. The minimum Gasteiger partial charge on any atom is -0.619 e. The van der Waals surface area contributed by atoms with Gasteiger partial charge < -0.3 is 5.21 Å². The smallest absolute Gasteiger partial charge is 0.193 e. The third kappa shape index (κ3) is 2.56. The Kier molecular flexibility index (Phi) is 2.98. The molecule has 0 aliphatic carbocycles. The molecular weight excluding hydrogens is 186 g/mol. The number of pyridine rings is 1. The number of hydrogen-bond donors (Lipinski definition) is 0. The molecule has 0 aliphatic heterocycles. The molecule has 2 aromatic rings. The maximum absolute atomic E-state index is 11.4. The molecule has 2 heteroatoms. The van der Waals surface area contributed by atoms with Crippen LogP contribution in [-0.4, -0.2) is 0 Å². The van der Waals surface area contributed by atoms with E-state index in [1.165, 1.54) is 5.56 Å². The fraction of sp³-hybridized carbons (Fsp3) is 0.154. The molecule has 0 aliphatic rings. The van der Waals surface area contributed by atoms with Gasteiger partial charge in [-0.05, 0) is 12.0 Å². The summed E-state index contributed by atoms with van der Waals surface area (Å²) in [5.41, 5.74) is 2.09. The van der Waals surface area contributed by atoms with Crippen LogP contribution in [0.3, 0.4) is 0 Å². The van der Waals surface area contributed by atoms with Crippen LogP contribution in [-0.2, 0) is 12.8 Å². The third-order valence-corrected chi connectivity index (χ3v) is 2.42. The van der Waals surface area contributed by atoms with Crippen molar-refractivity contribution in [2.45, 2.75) is 12.8 Å². The summed E-state index contributed by atoms with van der Waals surface area (Å²) in [6.07, 6.45) is 3.24. The number of aryl methyl sites for hydroxylation is 2. The monoisotopic (exact) mass is 199 g/mol. The first kappa shape index (κ1) is 9.71. The van der Waals surface area contributed by atoms with Crippen LogP contribution in [0.4, 0.5) is 0 Å². The Morgan fingerprint density at radius 3 is 2.33 bits per heavy atom. The zero-order chi connectivity index (χ0) is 10.5. The SMILES string of the molecule is [O-][n+]1ccccc1CCc1ccccc1. The van der Waals surface area contributed by atoms with Crippen molar-refractivity contribution >= 4 is 0 Å². The Hall–Kier alpha value is -1.83. The Labute approximate surface area is 89.4 Å². The Morgan fingerprint density at radius 2 is 1.60 bits per heavy atom. The molecule has 0 amide bonds. The van der Waals surface area contributed by atoms with Gasteiger partial charge in [-0.15, -0.1) is 0 Å². The molecule has 76 valence electrons. The van der Waals surface area contributed by atoms with E-state index in [2.05, 4.69) is 12.1 Å². The fourth-order valence-corrected chi connectivity index (χ4v) is 1.57. The molecule has 2 nitrogen and oxygen atoms in total. The van der Waals surface area contributed by atoms with Gasteiger partial charge in [0.1, 0.15) is 0 Å². The highest BCUT2D eigenvalue weighted by Gasteiger charge is 2.02. The van der Waals surface area contributed by atoms with E-state index in [0.29, 0.717) is 0 Å². The first-order valence-corrected chi connectivity index (χ1v) is 5.07. The van der Waals surface area contributed by atoms with E-state index in [1.807, 2.05) is 30.3 Å². The summed E-state index contributed by atoms with van der Waals surface area (Å²) in [5, 5.41) is 11.4. The van der Waals surface area contributed by atoms with Gasteiger partial charge in [0.25, 0.3) is 0 Å². The first-order valence-electron chi connectivity index (χ1n) is 5.07. The van der Waals surface area contributed by atoms with Crippen LogP contribution in [0.5, 0.6) is 0 Å². The Balaban J connectivity index is 2.03. The second-order valence-electron chi connectivity index (χ2n) is 3.50. The zero-order valence-electron chi connectivity index (χ0n) is 8.47. The highest BCUT2D eigenvalue weighted by molar-refractivity contribution is 5.15. The molecule has 15 heavy (non-hydrogen) atoms. The molecule has 0 atom stereocenters. The highest BCUT2D eigenvalue weighted by atomic mass is 16.5. The highest BCUT2D eigenvalue weighted by Crippen LogP contribution is 2.03. The van der Waals surface area contributed by atoms with Crippen LogP contribution < -0.4 is 4.73 Å².